The molecule has 160 valence electrons. The number of aliphatic hydroxyl groups is 1. The summed E-state index contributed by atoms with van der Waals surface area (Å²) in [5, 5.41) is 16.0. The highest BCUT2D eigenvalue weighted by Gasteiger charge is 2.32. The number of hydroxylamine groups is 2. The standard InChI is InChI=1S/C20H30N4O5/c1-3-23(4-2)12-11-21-20(28)22-14-16-7-5-15(6-8-16)13-19(27)29-24-17(25)9-10-18(24)26/h5-8,17,25H,3-4,9-14H2,1-2H3,(H2,21,22,28). The maximum Gasteiger partial charge on any atom is 0.337 e. The number of nitrogens with one attached hydrogen (secondary N) is 2. The molecule has 1 aromatic rings. The Balaban J connectivity index is 1.70. The van der Waals surface area contributed by atoms with Crippen molar-refractivity contribution in [3.05, 3.63) is 35.4 Å². The summed E-state index contributed by atoms with van der Waals surface area (Å²) in [5.41, 5.74) is 1.61. The van der Waals surface area contributed by atoms with Gasteiger partial charge in [0.1, 0.15) is 0 Å². The van der Waals surface area contributed by atoms with Gasteiger partial charge in [-0.1, -0.05) is 38.1 Å². The Bertz CT molecular complexity index is 691. The smallest absolute Gasteiger partial charge is 0.337 e. The van der Waals surface area contributed by atoms with Gasteiger partial charge in [0.25, 0.3) is 5.91 Å². The number of likely N-dealkylation sites (N-methyl/N-ethyl adjacent to an activating group) is 1. The second-order valence-corrected chi connectivity index (χ2v) is 6.83. The lowest BCUT2D eigenvalue weighted by Gasteiger charge is -2.18. The van der Waals surface area contributed by atoms with Crippen LogP contribution in [0.15, 0.2) is 24.3 Å². The van der Waals surface area contributed by atoms with Gasteiger partial charge in [0.2, 0.25) is 0 Å². The maximum atomic E-state index is 12.0. The average molecular weight is 406 g/mol. The van der Waals surface area contributed by atoms with Gasteiger partial charge in [-0.2, -0.15) is 0 Å². The monoisotopic (exact) mass is 406 g/mol. The van der Waals surface area contributed by atoms with E-state index in [9.17, 15) is 19.5 Å². The zero-order chi connectivity index (χ0) is 21.2. The first-order chi connectivity index (χ1) is 13.9. The third kappa shape index (κ3) is 7.35. The van der Waals surface area contributed by atoms with Crippen LogP contribution in [0.4, 0.5) is 4.79 Å². The molecule has 1 heterocycles. The van der Waals surface area contributed by atoms with E-state index < -0.39 is 18.1 Å². The van der Waals surface area contributed by atoms with Crippen molar-refractivity contribution in [2.75, 3.05) is 26.2 Å². The molecular weight excluding hydrogens is 376 g/mol. The molecule has 0 aliphatic carbocycles. The zero-order valence-electron chi connectivity index (χ0n) is 17.0. The quantitative estimate of drug-likeness (QED) is 0.529. The maximum absolute atomic E-state index is 12.0. The van der Waals surface area contributed by atoms with E-state index in [4.69, 9.17) is 4.84 Å². The molecule has 1 fully saturated rings. The molecule has 3 amide bonds. The van der Waals surface area contributed by atoms with Crippen LogP contribution in [0, 0.1) is 0 Å². The van der Waals surface area contributed by atoms with Gasteiger partial charge >= 0.3 is 12.0 Å². The summed E-state index contributed by atoms with van der Waals surface area (Å²) in [6.45, 7) is 7.85. The van der Waals surface area contributed by atoms with E-state index in [1.165, 1.54) is 0 Å². The SMILES string of the molecule is CCN(CC)CCNC(=O)NCc1ccc(CC(=O)ON2C(=O)CCC2O)cc1. The number of hydrogen-bond donors (Lipinski definition) is 3. The first-order valence-electron chi connectivity index (χ1n) is 9.95. The molecule has 1 aliphatic rings. The molecule has 0 aromatic heterocycles. The Labute approximate surface area is 171 Å². The molecule has 1 atom stereocenters. The molecule has 0 bridgehead atoms. The Hall–Kier alpha value is -2.65. The number of aliphatic hydroxyl groups excluding tert-OH is 1. The highest BCUT2D eigenvalue weighted by atomic mass is 16.7. The normalized spacial score (nSPS) is 16.2. The molecule has 9 nitrogen and oxygen atoms in total. The van der Waals surface area contributed by atoms with Gasteiger partial charge in [0.15, 0.2) is 6.23 Å². The lowest BCUT2D eigenvalue weighted by Crippen LogP contribution is -2.40. The highest BCUT2D eigenvalue weighted by Crippen LogP contribution is 2.17. The molecule has 29 heavy (non-hydrogen) atoms. The van der Waals surface area contributed by atoms with E-state index in [-0.39, 0.29) is 25.3 Å². The summed E-state index contributed by atoms with van der Waals surface area (Å²) < 4.78 is 0. The summed E-state index contributed by atoms with van der Waals surface area (Å²) >= 11 is 0. The van der Waals surface area contributed by atoms with E-state index in [1.807, 2.05) is 12.1 Å². The Morgan fingerprint density at radius 1 is 1.17 bits per heavy atom. The van der Waals surface area contributed by atoms with Crippen molar-refractivity contribution in [3.8, 4) is 0 Å². The van der Waals surface area contributed by atoms with Crippen LogP contribution in [0.2, 0.25) is 0 Å². The van der Waals surface area contributed by atoms with E-state index in [1.54, 1.807) is 12.1 Å². The molecule has 1 saturated heterocycles. The number of benzene rings is 1. The molecule has 0 radical (unpaired) electrons. The molecule has 1 aromatic carbocycles. The summed E-state index contributed by atoms with van der Waals surface area (Å²) in [7, 11) is 0. The lowest BCUT2D eigenvalue weighted by molar-refractivity contribution is -0.220. The van der Waals surface area contributed by atoms with E-state index in [0.29, 0.717) is 18.7 Å². The fraction of sp³-hybridized carbons (Fsp3) is 0.550. The van der Waals surface area contributed by atoms with Gasteiger partial charge in [0, 0.05) is 32.5 Å². The van der Waals surface area contributed by atoms with Gasteiger partial charge < -0.3 is 25.5 Å². The molecule has 1 aliphatic heterocycles. The number of carbonyl (C=O) groups is 3. The summed E-state index contributed by atoms with van der Waals surface area (Å²) in [5.74, 6) is -1.01. The molecular formula is C20H30N4O5. The lowest BCUT2D eigenvalue weighted by atomic mass is 10.1. The van der Waals surface area contributed by atoms with Gasteiger partial charge in [0.05, 0.1) is 6.42 Å². The van der Waals surface area contributed by atoms with Crippen molar-refractivity contribution in [1.82, 2.24) is 20.6 Å². The summed E-state index contributed by atoms with van der Waals surface area (Å²) in [6, 6.07) is 6.93. The van der Waals surface area contributed by atoms with Gasteiger partial charge in [-0.3, -0.25) is 4.79 Å². The van der Waals surface area contributed by atoms with Crippen LogP contribution in [0.25, 0.3) is 0 Å². The predicted octanol–water partition coefficient (Wildman–Crippen LogP) is 0.769. The highest BCUT2D eigenvalue weighted by molar-refractivity contribution is 5.80. The van der Waals surface area contributed by atoms with Gasteiger partial charge in [-0.05, 0) is 24.2 Å². The minimum absolute atomic E-state index is 0.0178. The first-order valence-corrected chi connectivity index (χ1v) is 9.95. The van der Waals surface area contributed by atoms with E-state index in [2.05, 4.69) is 29.4 Å². The Morgan fingerprint density at radius 3 is 2.41 bits per heavy atom. The number of urea groups is 1. The number of hydrogen-bond acceptors (Lipinski definition) is 6. The molecule has 0 saturated carbocycles. The molecule has 2 rings (SSSR count). The second-order valence-electron chi connectivity index (χ2n) is 6.83. The predicted molar refractivity (Wildman–Crippen MR) is 106 cm³/mol. The number of carbonyl (C=O) groups excluding carboxylic acids is 3. The summed E-state index contributed by atoms with van der Waals surface area (Å²) in [4.78, 5) is 42.5. The second kappa shape index (κ2) is 11.4. The van der Waals surface area contributed by atoms with Crippen molar-refractivity contribution in [2.45, 2.75) is 45.9 Å². The fourth-order valence-electron chi connectivity index (χ4n) is 2.95. The zero-order valence-corrected chi connectivity index (χ0v) is 17.0. The van der Waals surface area contributed by atoms with Crippen molar-refractivity contribution in [1.29, 1.82) is 0 Å². The topological polar surface area (TPSA) is 111 Å². The molecule has 9 heteroatoms. The molecule has 1 unspecified atom stereocenters. The number of rotatable bonds is 10. The third-order valence-corrected chi connectivity index (χ3v) is 4.77. The summed E-state index contributed by atoms with van der Waals surface area (Å²) in [6.07, 6.45) is -0.662. The van der Waals surface area contributed by atoms with Gasteiger partial charge in [-0.15, -0.1) is 5.06 Å². The Morgan fingerprint density at radius 2 is 1.83 bits per heavy atom. The van der Waals surface area contributed by atoms with Crippen LogP contribution < -0.4 is 10.6 Å². The van der Waals surface area contributed by atoms with Crippen molar-refractivity contribution in [2.24, 2.45) is 0 Å². The largest absolute Gasteiger partial charge is 0.370 e. The van der Waals surface area contributed by atoms with Gasteiger partial charge in [-0.25, -0.2) is 9.59 Å². The van der Waals surface area contributed by atoms with Crippen LogP contribution in [0.5, 0.6) is 0 Å². The van der Waals surface area contributed by atoms with Crippen LogP contribution in [0.1, 0.15) is 37.8 Å². The van der Waals surface area contributed by atoms with Crippen molar-refractivity contribution >= 4 is 17.9 Å². The van der Waals surface area contributed by atoms with Crippen LogP contribution in [-0.4, -0.2) is 65.4 Å². The fourth-order valence-corrected chi connectivity index (χ4v) is 2.95. The number of nitrogens with zero attached hydrogens (tertiary/aromatic N) is 2. The van der Waals surface area contributed by atoms with Crippen LogP contribution in [0.3, 0.4) is 0 Å². The van der Waals surface area contributed by atoms with Crippen LogP contribution >= 0.6 is 0 Å². The minimum Gasteiger partial charge on any atom is -0.370 e. The van der Waals surface area contributed by atoms with E-state index in [0.717, 1.165) is 30.3 Å². The van der Waals surface area contributed by atoms with E-state index >= 15 is 0 Å². The Kier molecular flexibility index (Phi) is 8.88. The minimum atomic E-state index is -1.07. The van der Waals surface area contributed by atoms with Crippen molar-refractivity contribution < 1.29 is 24.3 Å². The molecule has 3 N–H and O–H groups in total. The molecule has 0 spiro atoms. The van der Waals surface area contributed by atoms with Crippen molar-refractivity contribution in [3.63, 3.8) is 0 Å². The average Bonchev–Trinajstić information content (AvgIpc) is 3.02. The van der Waals surface area contributed by atoms with Crippen LogP contribution in [-0.2, 0) is 27.4 Å². The third-order valence-electron chi connectivity index (χ3n) is 4.77. The first kappa shape index (κ1) is 22.6. The number of amides is 3.